The van der Waals surface area contributed by atoms with Crippen LogP contribution in [0.2, 0.25) is 0 Å². The molecular weight excluding hydrogens is 435 g/mol. The topological polar surface area (TPSA) is 72.5 Å². The van der Waals surface area contributed by atoms with Crippen LogP contribution in [-0.2, 0) is 25.3 Å². The highest BCUT2D eigenvalue weighted by Crippen LogP contribution is 2.47. The Balaban J connectivity index is 1.86. The Morgan fingerprint density at radius 1 is 1.03 bits per heavy atom. The molecule has 1 heterocycles. The summed E-state index contributed by atoms with van der Waals surface area (Å²) in [7, 11) is 0. The molecule has 0 saturated carbocycles. The molecule has 0 aromatic heterocycles. The third-order valence-corrected chi connectivity index (χ3v) is 6.14. The standard InChI is InChI=1S/C25H22F3NO4/c1-2-33-24(32)22-16(14-8-4-3-5-9-14)12-19-21(23(22)31)17(13-20(30)29-19)15-10-6-7-11-18(15)25(26,27)28/h3-11,16-17,22H,2,12-13H2,1H3,(H,29,30)/t16-,17-,22-/m0/s1. The van der Waals surface area contributed by atoms with Crippen molar-refractivity contribution in [1.82, 2.24) is 5.32 Å². The van der Waals surface area contributed by atoms with Gasteiger partial charge in [0, 0.05) is 29.5 Å². The number of alkyl halides is 3. The van der Waals surface area contributed by atoms with E-state index in [2.05, 4.69) is 5.32 Å². The maximum Gasteiger partial charge on any atom is 0.416 e. The molecule has 0 bridgehead atoms. The second-order valence-electron chi connectivity index (χ2n) is 8.10. The van der Waals surface area contributed by atoms with Gasteiger partial charge in [0.2, 0.25) is 5.91 Å². The third-order valence-electron chi connectivity index (χ3n) is 6.14. The highest BCUT2D eigenvalue weighted by Gasteiger charge is 2.49. The van der Waals surface area contributed by atoms with E-state index in [-0.39, 0.29) is 36.3 Å². The monoisotopic (exact) mass is 457 g/mol. The number of benzene rings is 2. The molecule has 1 N–H and O–H groups in total. The Labute approximate surface area is 188 Å². The van der Waals surface area contributed by atoms with E-state index in [9.17, 15) is 27.6 Å². The molecule has 0 unspecified atom stereocenters. The fourth-order valence-electron chi connectivity index (χ4n) is 4.79. The predicted octanol–water partition coefficient (Wildman–Crippen LogP) is 4.50. The second-order valence-corrected chi connectivity index (χ2v) is 8.10. The Morgan fingerprint density at radius 3 is 2.36 bits per heavy atom. The summed E-state index contributed by atoms with van der Waals surface area (Å²) in [6.45, 7) is 1.68. The average molecular weight is 457 g/mol. The number of carbonyl (C=O) groups excluding carboxylic acids is 3. The normalized spacial score (nSPS) is 23.1. The van der Waals surface area contributed by atoms with E-state index in [1.54, 1.807) is 37.3 Å². The fourth-order valence-corrected chi connectivity index (χ4v) is 4.79. The number of allylic oxidation sites excluding steroid dienone is 2. The van der Waals surface area contributed by atoms with Crippen molar-refractivity contribution in [2.75, 3.05) is 6.61 Å². The van der Waals surface area contributed by atoms with E-state index in [1.807, 2.05) is 0 Å². The zero-order valence-corrected chi connectivity index (χ0v) is 17.8. The van der Waals surface area contributed by atoms with Crippen LogP contribution in [0.4, 0.5) is 13.2 Å². The van der Waals surface area contributed by atoms with Gasteiger partial charge in [0.15, 0.2) is 5.78 Å². The minimum Gasteiger partial charge on any atom is -0.465 e. The van der Waals surface area contributed by atoms with Crippen LogP contribution in [-0.4, -0.2) is 24.3 Å². The van der Waals surface area contributed by atoms with Crippen molar-refractivity contribution in [2.45, 2.75) is 37.8 Å². The lowest BCUT2D eigenvalue weighted by molar-refractivity contribution is -0.152. The first-order valence-corrected chi connectivity index (χ1v) is 10.7. The zero-order valence-electron chi connectivity index (χ0n) is 17.8. The van der Waals surface area contributed by atoms with Crippen molar-refractivity contribution in [1.29, 1.82) is 0 Å². The van der Waals surface area contributed by atoms with Crippen LogP contribution in [0.1, 0.15) is 48.3 Å². The molecule has 0 spiro atoms. The van der Waals surface area contributed by atoms with Gasteiger partial charge in [0.25, 0.3) is 0 Å². The van der Waals surface area contributed by atoms with Crippen molar-refractivity contribution in [2.24, 2.45) is 5.92 Å². The van der Waals surface area contributed by atoms with Crippen LogP contribution in [0.25, 0.3) is 0 Å². The third kappa shape index (κ3) is 4.29. The number of amides is 1. The lowest BCUT2D eigenvalue weighted by atomic mass is 9.67. The second kappa shape index (κ2) is 8.84. The SMILES string of the molecule is CCOC(=O)[C@@H]1C(=O)C2=C(C[C@H]1c1ccccc1)NC(=O)C[C@H]2c1ccccc1C(F)(F)F. The van der Waals surface area contributed by atoms with Crippen LogP contribution in [0, 0.1) is 5.92 Å². The maximum atomic E-state index is 13.7. The maximum absolute atomic E-state index is 13.7. The van der Waals surface area contributed by atoms with Gasteiger partial charge in [-0.25, -0.2) is 0 Å². The fraction of sp³-hybridized carbons (Fsp3) is 0.320. The Bertz CT molecular complexity index is 1120. The van der Waals surface area contributed by atoms with E-state index in [4.69, 9.17) is 4.74 Å². The minimum absolute atomic E-state index is 0.0523. The van der Waals surface area contributed by atoms with Gasteiger partial charge in [-0.2, -0.15) is 13.2 Å². The predicted molar refractivity (Wildman–Crippen MR) is 113 cm³/mol. The molecule has 33 heavy (non-hydrogen) atoms. The molecular formula is C25H22F3NO4. The molecule has 0 fully saturated rings. The number of halogens is 3. The molecule has 3 atom stereocenters. The molecule has 2 aromatic carbocycles. The smallest absolute Gasteiger partial charge is 0.416 e. The number of esters is 1. The number of hydrogen-bond acceptors (Lipinski definition) is 4. The summed E-state index contributed by atoms with van der Waals surface area (Å²) in [5.41, 5.74) is -0.0182. The van der Waals surface area contributed by atoms with Gasteiger partial charge in [-0.1, -0.05) is 48.5 Å². The van der Waals surface area contributed by atoms with Crippen LogP contribution in [0.3, 0.4) is 0 Å². The number of rotatable bonds is 4. The Hall–Kier alpha value is -3.42. The van der Waals surface area contributed by atoms with Crippen molar-refractivity contribution in [3.05, 3.63) is 82.6 Å². The number of ether oxygens (including phenoxy) is 1. The van der Waals surface area contributed by atoms with E-state index < -0.39 is 47.2 Å². The first-order valence-electron chi connectivity index (χ1n) is 10.7. The van der Waals surface area contributed by atoms with Gasteiger partial charge in [0.1, 0.15) is 5.92 Å². The van der Waals surface area contributed by atoms with Gasteiger partial charge >= 0.3 is 12.1 Å². The molecule has 5 nitrogen and oxygen atoms in total. The van der Waals surface area contributed by atoms with E-state index in [0.29, 0.717) is 5.56 Å². The number of Topliss-reactive ketones (excluding diaryl/α,β-unsaturated/α-hetero) is 1. The molecule has 2 aliphatic rings. The van der Waals surface area contributed by atoms with Crippen molar-refractivity contribution < 1.29 is 32.3 Å². The summed E-state index contributed by atoms with van der Waals surface area (Å²) in [6, 6.07) is 13.8. The Morgan fingerprint density at radius 2 is 1.70 bits per heavy atom. The van der Waals surface area contributed by atoms with Gasteiger partial charge < -0.3 is 10.1 Å². The number of hydrogen-bond donors (Lipinski definition) is 1. The first-order chi connectivity index (χ1) is 15.7. The summed E-state index contributed by atoms with van der Waals surface area (Å²) in [5, 5.41) is 2.68. The van der Waals surface area contributed by atoms with E-state index in [0.717, 1.165) is 6.07 Å². The Kier molecular flexibility index (Phi) is 6.10. The lowest BCUT2D eigenvalue weighted by Crippen LogP contribution is -2.44. The first kappa shape index (κ1) is 22.8. The van der Waals surface area contributed by atoms with Gasteiger partial charge in [-0.3, -0.25) is 14.4 Å². The highest BCUT2D eigenvalue weighted by atomic mass is 19.4. The van der Waals surface area contributed by atoms with Crippen LogP contribution in [0.15, 0.2) is 65.9 Å². The minimum atomic E-state index is -4.66. The van der Waals surface area contributed by atoms with Gasteiger partial charge in [-0.15, -0.1) is 0 Å². The summed E-state index contributed by atoms with van der Waals surface area (Å²) in [5.74, 6) is -4.71. The quantitative estimate of drug-likeness (QED) is 0.542. The average Bonchev–Trinajstić information content (AvgIpc) is 2.78. The lowest BCUT2D eigenvalue weighted by Gasteiger charge is -2.38. The molecule has 1 aliphatic carbocycles. The zero-order chi connectivity index (χ0) is 23.8. The van der Waals surface area contributed by atoms with Gasteiger partial charge in [-0.05, 0) is 30.5 Å². The summed E-state index contributed by atoms with van der Waals surface area (Å²) >= 11 is 0. The van der Waals surface area contributed by atoms with Crippen molar-refractivity contribution in [3.8, 4) is 0 Å². The van der Waals surface area contributed by atoms with E-state index >= 15 is 0 Å². The number of carbonyl (C=O) groups is 3. The molecule has 4 rings (SSSR count). The molecule has 1 amide bonds. The summed E-state index contributed by atoms with van der Waals surface area (Å²) < 4.78 is 46.4. The molecule has 172 valence electrons. The summed E-state index contributed by atoms with van der Waals surface area (Å²) in [4.78, 5) is 39.1. The number of ketones is 1. The molecule has 8 heteroatoms. The summed E-state index contributed by atoms with van der Waals surface area (Å²) in [6.07, 6.45) is -4.84. The number of nitrogens with one attached hydrogen (secondary N) is 1. The van der Waals surface area contributed by atoms with Crippen molar-refractivity contribution >= 4 is 17.7 Å². The molecule has 0 saturated heterocycles. The van der Waals surface area contributed by atoms with Crippen LogP contribution in [0.5, 0.6) is 0 Å². The van der Waals surface area contributed by atoms with Crippen molar-refractivity contribution in [3.63, 3.8) is 0 Å². The molecule has 0 radical (unpaired) electrons. The molecule has 1 aliphatic heterocycles. The van der Waals surface area contributed by atoms with Crippen LogP contribution >= 0.6 is 0 Å². The largest absolute Gasteiger partial charge is 0.465 e. The molecule has 2 aromatic rings. The van der Waals surface area contributed by atoms with Crippen LogP contribution < -0.4 is 5.32 Å². The van der Waals surface area contributed by atoms with E-state index in [1.165, 1.54) is 18.2 Å². The van der Waals surface area contributed by atoms with Gasteiger partial charge in [0.05, 0.1) is 12.2 Å². The highest BCUT2D eigenvalue weighted by molar-refractivity contribution is 6.12.